The molecule has 0 saturated carbocycles. The largest absolute Gasteiger partial charge is 0.270 e. The van der Waals surface area contributed by atoms with Gasteiger partial charge < -0.3 is 0 Å². The van der Waals surface area contributed by atoms with Crippen LogP contribution in [0.4, 0.5) is 0 Å². The Balaban J connectivity index is 2.50. The first-order chi connectivity index (χ1) is 6.63. The Morgan fingerprint density at radius 2 is 2.21 bits per heavy atom. The highest BCUT2D eigenvalue weighted by Crippen LogP contribution is 2.11. The van der Waals surface area contributed by atoms with Gasteiger partial charge in [0.1, 0.15) is 0 Å². The molecule has 14 heavy (non-hydrogen) atoms. The molecule has 0 radical (unpaired) electrons. The molecule has 0 aromatic carbocycles. The highest BCUT2D eigenvalue weighted by molar-refractivity contribution is 6.20. The van der Waals surface area contributed by atoms with Gasteiger partial charge in [-0.05, 0) is 39.2 Å². The fraction of sp³-hybridized carbons (Fsp3) is 0.727. The van der Waals surface area contributed by atoms with E-state index in [2.05, 4.69) is 31.2 Å². The molecule has 1 rings (SSSR count). The van der Waals surface area contributed by atoms with Crippen molar-refractivity contribution in [3.05, 3.63) is 18.0 Å². The molecule has 0 aliphatic heterocycles. The summed E-state index contributed by atoms with van der Waals surface area (Å²) >= 11 is 5.89. The molecule has 1 aromatic rings. The molecule has 0 amide bonds. The molecule has 3 heteroatoms. The summed E-state index contributed by atoms with van der Waals surface area (Å²) in [5, 5.41) is 4.75. The first kappa shape index (κ1) is 11.6. The van der Waals surface area contributed by atoms with Crippen molar-refractivity contribution in [3.8, 4) is 0 Å². The third kappa shape index (κ3) is 3.33. The smallest absolute Gasteiger partial charge is 0.0625 e. The molecule has 2 atom stereocenters. The summed E-state index contributed by atoms with van der Waals surface area (Å²) < 4.78 is 2.04. The summed E-state index contributed by atoms with van der Waals surface area (Å²) in [5.41, 5.74) is 1.15. The molecule has 0 aliphatic carbocycles. The average Bonchev–Trinajstić information content (AvgIpc) is 2.62. The molecule has 2 unspecified atom stereocenters. The van der Waals surface area contributed by atoms with E-state index in [1.165, 1.54) is 0 Å². The summed E-state index contributed by atoms with van der Waals surface area (Å²) in [4.78, 5) is 0. The predicted octanol–water partition coefficient (Wildman–Crippen LogP) is 3.41. The van der Waals surface area contributed by atoms with Gasteiger partial charge in [0.25, 0.3) is 0 Å². The van der Waals surface area contributed by atoms with E-state index in [4.69, 9.17) is 11.6 Å². The van der Waals surface area contributed by atoms with Gasteiger partial charge in [0.2, 0.25) is 0 Å². The molecule has 80 valence electrons. The molecule has 2 nitrogen and oxygen atoms in total. The van der Waals surface area contributed by atoms with Gasteiger partial charge in [0, 0.05) is 17.6 Å². The Kier molecular flexibility index (Phi) is 4.46. The van der Waals surface area contributed by atoms with Crippen LogP contribution in [0.1, 0.15) is 45.3 Å². The molecule has 0 bridgehead atoms. The Labute approximate surface area is 91.3 Å². The Morgan fingerprint density at radius 1 is 1.50 bits per heavy atom. The first-order valence-corrected chi connectivity index (χ1v) is 5.75. The second-order valence-corrected chi connectivity index (χ2v) is 4.61. The van der Waals surface area contributed by atoms with Gasteiger partial charge in [-0.2, -0.15) is 5.10 Å². The SMILES string of the molecule is CCC(C)n1ccc(CCC(C)Cl)n1. The lowest BCUT2D eigenvalue weighted by Crippen LogP contribution is -2.05. The number of nitrogens with zero attached hydrogens (tertiary/aromatic N) is 2. The van der Waals surface area contributed by atoms with Gasteiger partial charge in [-0.25, -0.2) is 0 Å². The van der Waals surface area contributed by atoms with Crippen molar-refractivity contribution in [1.29, 1.82) is 0 Å². The van der Waals surface area contributed by atoms with Crippen LogP contribution in [0.25, 0.3) is 0 Å². The maximum absolute atomic E-state index is 5.89. The summed E-state index contributed by atoms with van der Waals surface area (Å²) in [5.74, 6) is 0. The quantitative estimate of drug-likeness (QED) is 0.687. The van der Waals surface area contributed by atoms with Gasteiger partial charge in [-0.15, -0.1) is 11.6 Å². The maximum Gasteiger partial charge on any atom is 0.0625 e. The Hall–Kier alpha value is -0.500. The lowest BCUT2D eigenvalue weighted by molar-refractivity contribution is 0.473. The molecule has 0 saturated heterocycles. The highest BCUT2D eigenvalue weighted by atomic mass is 35.5. The molecular formula is C11H19ClN2. The van der Waals surface area contributed by atoms with Gasteiger partial charge in [-0.1, -0.05) is 6.92 Å². The van der Waals surface area contributed by atoms with Crippen LogP contribution in [-0.4, -0.2) is 15.2 Å². The monoisotopic (exact) mass is 214 g/mol. The minimum atomic E-state index is 0.240. The minimum absolute atomic E-state index is 0.240. The average molecular weight is 215 g/mol. The number of hydrogen-bond acceptors (Lipinski definition) is 1. The van der Waals surface area contributed by atoms with E-state index in [1.807, 2.05) is 11.6 Å². The second-order valence-electron chi connectivity index (χ2n) is 3.86. The van der Waals surface area contributed by atoms with Crippen molar-refractivity contribution in [1.82, 2.24) is 9.78 Å². The van der Waals surface area contributed by atoms with E-state index in [1.54, 1.807) is 0 Å². The molecule has 0 aliphatic rings. The number of hydrogen-bond donors (Lipinski definition) is 0. The molecular weight excluding hydrogens is 196 g/mol. The van der Waals surface area contributed by atoms with E-state index >= 15 is 0 Å². The van der Waals surface area contributed by atoms with Crippen molar-refractivity contribution in [2.24, 2.45) is 0 Å². The second kappa shape index (κ2) is 5.40. The molecule has 0 spiro atoms. The van der Waals surface area contributed by atoms with E-state index in [0.717, 1.165) is 25.0 Å². The number of alkyl halides is 1. The summed E-state index contributed by atoms with van der Waals surface area (Å²) in [6.07, 6.45) is 5.16. The zero-order chi connectivity index (χ0) is 10.6. The molecule has 1 heterocycles. The predicted molar refractivity (Wildman–Crippen MR) is 60.9 cm³/mol. The van der Waals surface area contributed by atoms with Gasteiger partial charge in [0.15, 0.2) is 0 Å². The maximum atomic E-state index is 5.89. The lowest BCUT2D eigenvalue weighted by Gasteiger charge is -2.08. The molecule has 0 fully saturated rings. The van der Waals surface area contributed by atoms with Crippen LogP contribution in [0.5, 0.6) is 0 Å². The Morgan fingerprint density at radius 3 is 2.79 bits per heavy atom. The van der Waals surface area contributed by atoms with E-state index in [-0.39, 0.29) is 5.38 Å². The van der Waals surface area contributed by atoms with E-state index < -0.39 is 0 Å². The van der Waals surface area contributed by atoms with Crippen LogP contribution in [0.3, 0.4) is 0 Å². The zero-order valence-electron chi connectivity index (χ0n) is 9.20. The normalized spacial score (nSPS) is 15.4. The van der Waals surface area contributed by atoms with Gasteiger partial charge in [-0.3, -0.25) is 4.68 Å². The summed E-state index contributed by atoms with van der Waals surface area (Å²) in [7, 11) is 0. The lowest BCUT2D eigenvalue weighted by atomic mass is 10.2. The van der Waals surface area contributed by atoms with Crippen LogP contribution in [0.15, 0.2) is 12.3 Å². The van der Waals surface area contributed by atoms with Crippen molar-refractivity contribution in [3.63, 3.8) is 0 Å². The number of aryl methyl sites for hydroxylation is 1. The summed E-state index contributed by atoms with van der Waals surface area (Å²) in [6, 6.07) is 2.59. The van der Waals surface area contributed by atoms with Crippen LogP contribution in [0.2, 0.25) is 0 Å². The Bertz CT molecular complexity index is 268. The first-order valence-electron chi connectivity index (χ1n) is 5.31. The van der Waals surface area contributed by atoms with Crippen LogP contribution in [-0.2, 0) is 6.42 Å². The van der Waals surface area contributed by atoms with Crippen molar-refractivity contribution in [2.75, 3.05) is 0 Å². The van der Waals surface area contributed by atoms with Crippen LogP contribution >= 0.6 is 11.6 Å². The number of halogens is 1. The van der Waals surface area contributed by atoms with E-state index in [0.29, 0.717) is 6.04 Å². The van der Waals surface area contributed by atoms with Crippen molar-refractivity contribution < 1.29 is 0 Å². The fourth-order valence-electron chi connectivity index (χ4n) is 1.29. The molecule has 0 N–H and O–H groups in total. The van der Waals surface area contributed by atoms with Gasteiger partial charge >= 0.3 is 0 Å². The fourth-order valence-corrected chi connectivity index (χ4v) is 1.40. The number of rotatable bonds is 5. The number of aromatic nitrogens is 2. The standard InChI is InChI=1S/C11H19ClN2/c1-4-10(3)14-8-7-11(13-14)6-5-9(2)12/h7-10H,4-6H2,1-3H3. The van der Waals surface area contributed by atoms with Gasteiger partial charge in [0.05, 0.1) is 5.69 Å². The topological polar surface area (TPSA) is 17.8 Å². The molecule has 1 aromatic heterocycles. The highest BCUT2D eigenvalue weighted by Gasteiger charge is 2.05. The minimum Gasteiger partial charge on any atom is -0.270 e. The third-order valence-electron chi connectivity index (χ3n) is 2.50. The van der Waals surface area contributed by atoms with Crippen LogP contribution in [0, 0.1) is 0 Å². The van der Waals surface area contributed by atoms with E-state index in [9.17, 15) is 0 Å². The third-order valence-corrected chi connectivity index (χ3v) is 2.72. The van der Waals surface area contributed by atoms with Crippen LogP contribution < -0.4 is 0 Å². The van der Waals surface area contributed by atoms with Crippen molar-refractivity contribution >= 4 is 11.6 Å². The zero-order valence-corrected chi connectivity index (χ0v) is 9.96. The summed E-state index contributed by atoms with van der Waals surface area (Å²) in [6.45, 7) is 6.38. The van der Waals surface area contributed by atoms with Crippen molar-refractivity contribution in [2.45, 2.75) is 51.5 Å².